The Labute approximate surface area is 95.8 Å². The van der Waals surface area contributed by atoms with Gasteiger partial charge in [0.15, 0.2) is 0 Å². The van der Waals surface area contributed by atoms with E-state index in [2.05, 4.69) is 10.6 Å². The first-order valence-electron chi connectivity index (χ1n) is 5.92. The Bertz CT molecular complexity index is 211. The van der Waals surface area contributed by atoms with Gasteiger partial charge in [-0.15, -0.1) is 0 Å². The first kappa shape index (κ1) is 11.3. The molecule has 0 spiro atoms. The Morgan fingerprint density at radius 3 is 3.07 bits per heavy atom. The second-order valence-corrected chi connectivity index (χ2v) is 5.67. The van der Waals surface area contributed by atoms with Gasteiger partial charge in [-0.05, 0) is 43.2 Å². The fourth-order valence-electron chi connectivity index (χ4n) is 2.21. The summed E-state index contributed by atoms with van der Waals surface area (Å²) in [6.45, 7) is 2.83. The van der Waals surface area contributed by atoms with Gasteiger partial charge in [0.2, 0.25) is 5.91 Å². The van der Waals surface area contributed by atoms with Gasteiger partial charge in [0.1, 0.15) is 0 Å². The highest BCUT2D eigenvalue weighted by molar-refractivity contribution is 7.99. The molecule has 0 radical (unpaired) electrons. The molecule has 1 amide bonds. The first-order chi connectivity index (χ1) is 7.36. The molecule has 2 atom stereocenters. The molecule has 0 aromatic heterocycles. The highest BCUT2D eigenvalue weighted by atomic mass is 32.2. The quantitative estimate of drug-likeness (QED) is 0.752. The van der Waals surface area contributed by atoms with Crippen molar-refractivity contribution in [3.63, 3.8) is 0 Å². The van der Waals surface area contributed by atoms with Crippen LogP contribution in [0.2, 0.25) is 0 Å². The maximum absolute atomic E-state index is 11.8. The molecule has 86 valence electrons. The second-order valence-electron chi connectivity index (χ2n) is 4.52. The number of carbonyl (C=O) groups excluding carboxylic acids is 1. The van der Waals surface area contributed by atoms with Crippen LogP contribution in [0.3, 0.4) is 0 Å². The number of hydrogen-bond acceptors (Lipinski definition) is 3. The summed E-state index contributed by atoms with van der Waals surface area (Å²) in [7, 11) is 0. The minimum Gasteiger partial charge on any atom is -0.356 e. The summed E-state index contributed by atoms with van der Waals surface area (Å²) in [6.07, 6.45) is 3.46. The van der Waals surface area contributed by atoms with Crippen molar-refractivity contribution >= 4 is 17.7 Å². The normalized spacial score (nSPS) is 31.5. The van der Waals surface area contributed by atoms with Crippen molar-refractivity contribution in [2.45, 2.75) is 19.3 Å². The highest BCUT2D eigenvalue weighted by Crippen LogP contribution is 2.22. The third kappa shape index (κ3) is 3.38. The average molecular weight is 228 g/mol. The van der Waals surface area contributed by atoms with Gasteiger partial charge in [-0.1, -0.05) is 0 Å². The van der Waals surface area contributed by atoms with Crippen LogP contribution in [0.25, 0.3) is 0 Å². The molecule has 15 heavy (non-hydrogen) atoms. The molecule has 3 nitrogen and oxygen atoms in total. The standard InChI is InChI=1S/C11H20N2OS/c14-11(10-2-1-4-12-7-10)13-6-9-3-5-15-8-9/h9-10,12H,1-8H2,(H,13,14)/t9?,10-/m1/s1. The van der Waals surface area contributed by atoms with E-state index in [-0.39, 0.29) is 11.8 Å². The zero-order valence-corrected chi connectivity index (χ0v) is 9.94. The Hall–Kier alpha value is -0.220. The number of hydrogen-bond donors (Lipinski definition) is 2. The van der Waals surface area contributed by atoms with E-state index in [4.69, 9.17) is 0 Å². The first-order valence-corrected chi connectivity index (χ1v) is 7.08. The minimum absolute atomic E-state index is 0.216. The molecular formula is C11H20N2OS. The number of rotatable bonds is 3. The largest absolute Gasteiger partial charge is 0.356 e. The van der Waals surface area contributed by atoms with Crippen LogP contribution in [0.4, 0.5) is 0 Å². The molecule has 2 aliphatic rings. The van der Waals surface area contributed by atoms with Gasteiger partial charge in [-0.3, -0.25) is 4.79 Å². The molecule has 4 heteroatoms. The van der Waals surface area contributed by atoms with Crippen LogP contribution in [-0.2, 0) is 4.79 Å². The Balaban J connectivity index is 1.66. The number of nitrogens with one attached hydrogen (secondary N) is 2. The summed E-state index contributed by atoms with van der Waals surface area (Å²) in [4.78, 5) is 11.8. The molecule has 0 aromatic rings. The van der Waals surface area contributed by atoms with Crippen LogP contribution in [-0.4, -0.2) is 37.0 Å². The molecule has 2 fully saturated rings. The van der Waals surface area contributed by atoms with Gasteiger partial charge < -0.3 is 10.6 Å². The van der Waals surface area contributed by atoms with Crippen LogP contribution < -0.4 is 10.6 Å². The molecule has 0 aromatic carbocycles. The molecule has 2 rings (SSSR count). The maximum atomic E-state index is 11.8. The number of piperidine rings is 1. The average Bonchev–Trinajstić information content (AvgIpc) is 2.80. The molecule has 2 N–H and O–H groups in total. The van der Waals surface area contributed by atoms with Crippen molar-refractivity contribution in [2.75, 3.05) is 31.1 Å². The lowest BCUT2D eigenvalue weighted by molar-refractivity contribution is -0.125. The van der Waals surface area contributed by atoms with E-state index in [9.17, 15) is 4.79 Å². The van der Waals surface area contributed by atoms with E-state index in [1.54, 1.807) is 0 Å². The predicted octanol–water partition coefficient (Wildman–Crippen LogP) is 0.855. The second kappa shape index (κ2) is 5.75. The lowest BCUT2D eigenvalue weighted by atomic mass is 9.98. The van der Waals surface area contributed by atoms with E-state index in [0.29, 0.717) is 0 Å². The molecular weight excluding hydrogens is 208 g/mol. The van der Waals surface area contributed by atoms with Gasteiger partial charge in [-0.2, -0.15) is 11.8 Å². The SMILES string of the molecule is O=C(NCC1CCSC1)[C@@H]1CCCNC1. The topological polar surface area (TPSA) is 41.1 Å². The van der Waals surface area contributed by atoms with Crippen LogP contribution in [0.5, 0.6) is 0 Å². The van der Waals surface area contributed by atoms with Gasteiger partial charge >= 0.3 is 0 Å². The third-order valence-corrected chi connectivity index (χ3v) is 4.49. The van der Waals surface area contributed by atoms with Crippen molar-refractivity contribution in [3.05, 3.63) is 0 Å². The maximum Gasteiger partial charge on any atom is 0.224 e. The van der Waals surface area contributed by atoms with E-state index >= 15 is 0 Å². The molecule has 0 aliphatic carbocycles. The lowest BCUT2D eigenvalue weighted by Gasteiger charge is -2.22. The fourth-order valence-corrected chi connectivity index (χ4v) is 3.49. The summed E-state index contributed by atoms with van der Waals surface area (Å²) >= 11 is 2.01. The summed E-state index contributed by atoms with van der Waals surface area (Å²) in [5.41, 5.74) is 0. The van der Waals surface area contributed by atoms with Gasteiger partial charge in [0.05, 0.1) is 5.92 Å². The molecule has 0 bridgehead atoms. The summed E-state index contributed by atoms with van der Waals surface area (Å²) in [6, 6.07) is 0. The summed E-state index contributed by atoms with van der Waals surface area (Å²) < 4.78 is 0. The Kier molecular flexibility index (Phi) is 4.32. The predicted molar refractivity (Wildman–Crippen MR) is 64.0 cm³/mol. The summed E-state index contributed by atoms with van der Waals surface area (Å²) in [5.74, 6) is 3.69. The van der Waals surface area contributed by atoms with Crippen molar-refractivity contribution in [1.29, 1.82) is 0 Å². The van der Waals surface area contributed by atoms with Crippen LogP contribution in [0, 0.1) is 11.8 Å². The van der Waals surface area contributed by atoms with Gasteiger partial charge in [0.25, 0.3) is 0 Å². The van der Waals surface area contributed by atoms with Crippen LogP contribution in [0.15, 0.2) is 0 Å². The van der Waals surface area contributed by atoms with E-state index in [1.165, 1.54) is 17.9 Å². The third-order valence-electron chi connectivity index (χ3n) is 3.26. The van der Waals surface area contributed by atoms with Crippen molar-refractivity contribution in [3.8, 4) is 0 Å². The fraction of sp³-hybridized carbons (Fsp3) is 0.909. The smallest absolute Gasteiger partial charge is 0.224 e. The zero-order valence-electron chi connectivity index (χ0n) is 9.13. The number of amides is 1. The summed E-state index contributed by atoms with van der Waals surface area (Å²) in [5, 5.41) is 6.38. The van der Waals surface area contributed by atoms with Gasteiger partial charge in [-0.25, -0.2) is 0 Å². The minimum atomic E-state index is 0.216. The molecule has 2 saturated heterocycles. The van der Waals surface area contributed by atoms with Crippen molar-refractivity contribution < 1.29 is 4.79 Å². The Morgan fingerprint density at radius 1 is 1.47 bits per heavy atom. The lowest BCUT2D eigenvalue weighted by Crippen LogP contribution is -2.41. The molecule has 2 heterocycles. The van der Waals surface area contributed by atoms with E-state index in [1.807, 2.05) is 11.8 Å². The van der Waals surface area contributed by atoms with E-state index in [0.717, 1.165) is 38.4 Å². The number of thioether (sulfide) groups is 1. The Morgan fingerprint density at radius 2 is 2.40 bits per heavy atom. The zero-order chi connectivity index (χ0) is 10.5. The molecule has 0 saturated carbocycles. The highest BCUT2D eigenvalue weighted by Gasteiger charge is 2.22. The van der Waals surface area contributed by atoms with Crippen LogP contribution in [0.1, 0.15) is 19.3 Å². The monoisotopic (exact) mass is 228 g/mol. The van der Waals surface area contributed by atoms with E-state index < -0.39 is 0 Å². The molecule has 1 unspecified atom stereocenters. The van der Waals surface area contributed by atoms with Crippen molar-refractivity contribution in [1.82, 2.24) is 10.6 Å². The van der Waals surface area contributed by atoms with Crippen LogP contribution >= 0.6 is 11.8 Å². The molecule has 2 aliphatic heterocycles. The van der Waals surface area contributed by atoms with Crippen molar-refractivity contribution in [2.24, 2.45) is 11.8 Å². The number of carbonyl (C=O) groups is 1. The van der Waals surface area contributed by atoms with Gasteiger partial charge in [0, 0.05) is 13.1 Å².